The molecule has 168 valence electrons. The van der Waals surface area contributed by atoms with E-state index >= 15 is 0 Å². The summed E-state index contributed by atoms with van der Waals surface area (Å²) in [6.45, 7) is 6.07. The van der Waals surface area contributed by atoms with E-state index in [9.17, 15) is 9.13 Å². The summed E-state index contributed by atoms with van der Waals surface area (Å²) >= 11 is 0. The molecule has 0 spiro atoms. The Morgan fingerprint density at radius 2 is 1.68 bits per heavy atom. The van der Waals surface area contributed by atoms with Gasteiger partial charge in [-0.25, -0.2) is 0 Å². The minimum Gasteiger partial charge on any atom is -0.442 e. The molecule has 6 nitrogen and oxygen atoms in total. The Labute approximate surface area is 185 Å². The predicted molar refractivity (Wildman–Crippen MR) is 129 cm³/mol. The van der Waals surface area contributed by atoms with E-state index in [1.807, 2.05) is 73.4 Å². The molecule has 3 rings (SSSR count). The van der Waals surface area contributed by atoms with Crippen LogP contribution in [0.25, 0.3) is 10.9 Å². The Morgan fingerprint density at radius 1 is 0.968 bits per heavy atom. The Kier molecular flexibility index (Phi) is 7.49. The van der Waals surface area contributed by atoms with Crippen LogP contribution in [-0.4, -0.2) is 50.1 Å². The molecule has 0 bridgehead atoms. The molecule has 1 heterocycles. The summed E-state index contributed by atoms with van der Waals surface area (Å²) in [5.74, 6) is 0.606. The maximum atomic E-state index is 13.3. The van der Waals surface area contributed by atoms with Gasteiger partial charge in [-0.15, -0.1) is 0 Å². The van der Waals surface area contributed by atoms with E-state index < -0.39 is 14.7 Å². The van der Waals surface area contributed by atoms with Crippen molar-refractivity contribution in [1.29, 1.82) is 0 Å². The standard InChI is InChI=1S/C23H32N2O4P2/c1-24(2)15-14-20-16-25(18-31(5,27)28-17-19-10-7-6-8-11-19)21-12-9-13-22(23(20)21)29-30(3,4)26/h6-13,16H,14-15,17-18H2,1-5H3. The number of benzene rings is 2. The van der Waals surface area contributed by atoms with E-state index in [4.69, 9.17) is 9.05 Å². The van der Waals surface area contributed by atoms with Crippen LogP contribution < -0.4 is 4.52 Å². The van der Waals surface area contributed by atoms with Gasteiger partial charge in [-0.1, -0.05) is 36.4 Å². The van der Waals surface area contributed by atoms with Crippen molar-refractivity contribution in [2.75, 3.05) is 40.6 Å². The lowest BCUT2D eigenvalue weighted by molar-refractivity contribution is 0.302. The van der Waals surface area contributed by atoms with Crippen molar-refractivity contribution in [2.45, 2.75) is 19.3 Å². The van der Waals surface area contributed by atoms with Gasteiger partial charge in [-0.3, -0.25) is 9.13 Å². The number of aromatic nitrogens is 1. The highest BCUT2D eigenvalue weighted by Crippen LogP contribution is 2.48. The maximum absolute atomic E-state index is 13.3. The van der Waals surface area contributed by atoms with Crippen molar-refractivity contribution in [2.24, 2.45) is 0 Å². The van der Waals surface area contributed by atoms with Crippen molar-refractivity contribution >= 4 is 25.6 Å². The number of nitrogens with zero attached hydrogens (tertiary/aromatic N) is 2. The summed E-state index contributed by atoms with van der Waals surface area (Å²) in [4.78, 5) is 2.12. The van der Waals surface area contributed by atoms with Crippen LogP contribution >= 0.6 is 14.7 Å². The average Bonchev–Trinajstić information content (AvgIpc) is 3.02. The summed E-state index contributed by atoms with van der Waals surface area (Å²) < 4.78 is 39.3. The van der Waals surface area contributed by atoms with Crippen molar-refractivity contribution in [3.63, 3.8) is 0 Å². The molecule has 1 unspecified atom stereocenters. The lowest BCUT2D eigenvalue weighted by Gasteiger charge is -2.16. The van der Waals surface area contributed by atoms with Gasteiger partial charge in [0.25, 0.3) is 0 Å². The topological polar surface area (TPSA) is 60.8 Å². The van der Waals surface area contributed by atoms with Gasteiger partial charge in [-0.05, 0) is 43.8 Å². The Bertz CT molecular complexity index is 1120. The maximum Gasteiger partial charge on any atom is 0.242 e. The summed E-state index contributed by atoms with van der Waals surface area (Å²) in [6, 6.07) is 15.5. The number of hydrogen-bond acceptors (Lipinski definition) is 5. The molecule has 0 aliphatic rings. The fraction of sp³-hybridized carbons (Fsp3) is 0.391. The predicted octanol–water partition coefficient (Wildman–Crippen LogP) is 5.74. The second-order valence-corrected chi connectivity index (χ2v) is 13.8. The molecule has 0 saturated heterocycles. The number of fused-ring (bicyclic) bond motifs is 1. The third kappa shape index (κ3) is 6.82. The minimum absolute atomic E-state index is 0.262. The Balaban J connectivity index is 1.93. The molecule has 8 heteroatoms. The monoisotopic (exact) mass is 462 g/mol. The van der Waals surface area contributed by atoms with E-state index in [2.05, 4.69) is 4.90 Å². The van der Waals surface area contributed by atoms with E-state index in [0.717, 1.165) is 35.0 Å². The van der Waals surface area contributed by atoms with E-state index in [1.165, 1.54) is 0 Å². The lowest BCUT2D eigenvalue weighted by Crippen LogP contribution is -2.15. The van der Waals surface area contributed by atoms with Gasteiger partial charge in [0.2, 0.25) is 14.7 Å². The summed E-state index contributed by atoms with van der Waals surface area (Å²) in [6.07, 6.45) is 3.09. The zero-order chi connectivity index (χ0) is 22.6. The summed E-state index contributed by atoms with van der Waals surface area (Å²) in [5.41, 5.74) is 2.98. The summed E-state index contributed by atoms with van der Waals surface area (Å²) in [7, 11) is -1.58. The molecular formula is C23H32N2O4P2. The normalized spacial score (nSPS) is 14.1. The van der Waals surface area contributed by atoms with Crippen LogP contribution in [0.1, 0.15) is 11.1 Å². The molecule has 0 amide bonds. The first-order chi connectivity index (χ1) is 14.5. The van der Waals surface area contributed by atoms with Crippen LogP contribution in [-0.2, 0) is 33.0 Å². The quantitative estimate of drug-likeness (QED) is 0.360. The molecular weight excluding hydrogens is 430 g/mol. The zero-order valence-electron chi connectivity index (χ0n) is 18.9. The van der Waals surface area contributed by atoms with E-state index in [0.29, 0.717) is 12.4 Å². The SMILES string of the molecule is CN(C)CCc1cn(CP(C)(=O)OCc2ccccc2)c2cccc(OP(C)(C)=O)c12. The molecule has 0 radical (unpaired) electrons. The Morgan fingerprint density at radius 3 is 2.32 bits per heavy atom. The molecule has 1 aromatic heterocycles. The second-order valence-electron chi connectivity index (χ2n) is 8.59. The van der Waals surface area contributed by atoms with Gasteiger partial charge in [0, 0.05) is 38.1 Å². The van der Waals surface area contributed by atoms with Gasteiger partial charge in [0.1, 0.15) is 5.75 Å². The zero-order valence-corrected chi connectivity index (χ0v) is 20.7. The second kappa shape index (κ2) is 9.75. The van der Waals surface area contributed by atoms with Gasteiger partial charge in [0.05, 0.1) is 18.4 Å². The highest BCUT2D eigenvalue weighted by molar-refractivity contribution is 7.57. The molecule has 0 aliphatic heterocycles. The molecule has 31 heavy (non-hydrogen) atoms. The smallest absolute Gasteiger partial charge is 0.242 e. The van der Waals surface area contributed by atoms with Crippen LogP contribution in [0.15, 0.2) is 54.7 Å². The van der Waals surface area contributed by atoms with Crippen LogP contribution in [0.4, 0.5) is 0 Å². The molecule has 1 atom stereocenters. The van der Waals surface area contributed by atoms with Gasteiger partial charge in [0.15, 0.2) is 0 Å². The third-order valence-electron chi connectivity index (χ3n) is 4.85. The van der Waals surface area contributed by atoms with Crippen molar-refractivity contribution in [3.05, 3.63) is 65.9 Å². The van der Waals surface area contributed by atoms with Crippen molar-refractivity contribution < 1.29 is 18.2 Å². The molecule has 0 fully saturated rings. The van der Waals surface area contributed by atoms with Gasteiger partial charge in [-0.2, -0.15) is 0 Å². The van der Waals surface area contributed by atoms with Crippen LogP contribution in [0.5, 0.6) is 5.75 Å². The first-order valence-corrected chi connectivity index (χ1v) is 15.1. The van der Waals surface area contributed by atoms with E-state index in [1.54, 1.807) is 20.0 Å². The molecule has 3 aromatic rings. The van der Waals surface area contributed by atoms with Crippen molar-refractivity contribution in [3.8, 4) is 5.75 Å². The molecule has 0 saturated carbocycles. The highest BCUT2D eigenvalue weighted by atomic mass is 31.2. The van der Waals surface area contributed by atoms with Gasteiger partial charge < -0.3 is 18.5 Å². The highest BCUT2D eigenvalue weighted by Gasteiger charge is 2.22. The Hall–Kier alpha value is -1.84. The van der Waals surface area contributed by atoms with Crippen LogP contribution in [0.3, 0.4) is 0 Å². The fourth-order valence-corrected chi connectivity index (χ4v) is 5.39. The van der Waals surface area contributed by atoms with E-state index in [-0.39, 0.29) is 6.29 Å². The average molecular weight is 462 g/mol. The summed E-state index contributed by atoms with van der Waals surface area (Å²) in [5, 5.41) is 0.927. The first kappa shape index (κ1) is 23.8. The molecule has 0 aliphatic carbocycles. The minimum atomic E-state index is -2.91. The van der Waals surface area contributed by atoms with Crippen molar-refractivity contribution in [1.82, 2.24) is 9.47 Å². The molecule has 0 N–H and O–H groups in total. The number of rotatable bonds is 10. The van der Waals surface area contributed by atoms with Crippen LogP contribution in [0.2, 0.25) is 0 Å². The van der Waals surface area contributed by atoms with Gasteiger partial charge >= 0.3 is 0 Å². The first-order valence-electron chi connectivity index (χ1n) is 10.3. The fourth-order valence-electron chi connectivity index (χ4n) is 3.47. The largest absolute Gasteiger partial charge is 0.442 e. The third-order valence-corrected chi connectivity index (χ3v) is 6.98. The number of likely N-dealkylation sites (N-methyl/N-ethyl adjacent to an activating group) is 1. The molecule has 2 aromatic carbocycles. The van der Waals surface area contributed by atoms with Crippen LogP contribution in [0, 0.1) is 0 Å². The number of hydrogen-bond donors (Lipinski definition) is 0. The lowest BCUT2D eigenvalue weighted by atomic mass is 10.1.